The van der Waals surface area contributed by atoms with Crippen LogP contribution in [0.25, 0.3) is 0 Å². The highest BCUT2D eigenvalue weighted by Crippen LogP contribution is 2.20. The van der Waals surface area contributed by atoms with Gasteiger partial charge in [0.2, 0.25) is 0 Å². The Morgan fingerprint density at radius 2 is 2.15 bits per heavy atom. The van der Waals surface area contributed by atoms with Crippen molar-refractivity contribution in [2.24, 2.45) is 7.05 Å². The number of nitrogens with two attached hydrogens (primary N) is 1. The number of carboxylic acid groups (broad SMARTS) is 1. The van der Waals surface area contributed by atoms with Crippen molar-refractivity contribution in [2.75, 3.05) is 11.1 Å². The predicted octanol–water partition coefficient (Wildman–Crippen LogP) is 1.93. The molecule has 1 heterocycles. The van der Waals surface area contributed by atoms with E-state index in [1.54, 1.807) is 12.1 Å². The summed E-state index contributed by atoms with van der Waals surface area (Å²) in [6, 6.07) is 4.84. The van der Waals surface area contributed by atoms with Crippen molar-refractivity contribution < 1.29 is 9.90 Å². The van der Waals surface area contributed by atoms with Crippen LogP contribution in [-0.4, -0.2) is 20.9 Å². The molecule has 0 unspecified atom stereocenters. The van der Waals surface area contributed by atoms with Gasteiger partial charge >= 0.3 is 5.97 Å². The first-order chi connectivity index (χ1) is 9.40. The van der Waals surface area contributed by atoms with Crippen molar-refractivity contribution in [3.05, 3.63) is 40.7 Å². The molecule has 2 rings (SSSR count). The van der Waals surface area contributed by atoms with Gasteiger partial charge in [-0.25, -0.2) is 4.79 Å². The number of hydrogen-bond donors (Lipinski definition) is 3. The molecule has 0 aliphatic carbocycles. The molecular weight excluding hydrogens is 256 g/mol. The summed E-state index contributed by atoms with van der Waals surface area (Å²) in [5.41, 5.74) is 10.1. The lowest BCUT2D eigenvalue weighted by Crippen LogP contribution is -2.05. The molecule has 1 aromatic carbocycles. The SMILES string of the molecule is Cc1nn(C)c(C)c1CNc1ccc(C(=O)O)c(N)c1. The van der Waals surface area contributed by atoms with Gasteiger partial charge in [0.05, 0.1) is 11.3 Å². The molecule has 0 fully saturated rings. The van der Waals surface area contributed by atoms with Gasteiger partial charge in [0.15, 0.2) is 0 Å². The molecule has 0 spiro atoms. The minimum Gasteiger partial charge on any atom is -0.478 e. The molecule has 0 amide bonds. The highest BCUT2D eigenvalue weighted by atomic mass is 16.4. The van der Waals surface area contributed by atoms with Crippen molar-refractivity contribution in [1.82, 2.24) is 9.78 Å². The lowest BCUT2D eigenvalue weighted by molar-refractivity contribution is 0.0698. The summed E-state index contributed by atoms with van der Waals surface area (Å²) in [6.45, 7) is 4.60. The molecule has 2 aromatic rings. The fourth-order valence-corrected chi connectivity index (χ4v) is 2.13. The number of nitrogens with zero attached hydrogens (tertiary/aromatic N) is 2. The maximum atomic E-state index is 10.9. The van der Waals surface area contributed by atoms with Crippen LogP contribution in [-0.2, 0) is 13.6 Å². The van der Waals surface area contributed by atoms with Crippen molar-refractivity contribution >= 4 is 17.3 Å². The Kier molecular flexibility index (Phi) is 3.65. The molecule has 4 N–H and O–H groups in total. The van der Waals surface area contributed by atoms with Crippen LogP contribution in [0, 0.1) is 13.8 Å². The second kappa shape index (κ2) is 5.24. The summed E-state index contributed by atoms with van der Waals surface area (Å²) in [5.74, 6) is -1.02. The molecule has 6 heteroatoms. The van der Waals surface area contributed by atoms with E-state index in [2.05, 4.69) is 10.4 Å². The number of nitrogens with one attached hydrogen (secondary N) is 1. The molecule has 0 aliphatic heterocycles. The first kappa shape index (κ1) is 13.9. The Bertz CT molecular complexity index is 661. The molecule has 0 saturated carbocycles. The average Bonchev–Trinajstić information content (AvgIpc) is 2.61. The van der Waals surface area contributed by atoms with Gasteiger partial charge in [0.1, 0.15) is 0 Å². The largest absolute Gasteiger partial charge is 0.478 e. The van der Waals surface area contributed by atoms with Gasteiger partial charge < -0.3 is 16.2 Å². The van der Waals surface area contributed by atoms with Gasteiger partial charge in [-0.1, -0.05) is 0 Å². The van der Waals surface area contributed by atoms with Crippen molar-refractivity contribution in [2.45, 2.75) is 20.4 Å². The van der Waals surface area contributed by atoms with Gasteiger partial charge in [0, 0.05) is 36.2 Å². The van der Waals surface area contributed by atoms with Crippen LogP contribution >= 0.6 is 0 Å². The maximum absolute atomic E-state index is 10.9. The van der Waals surface area contributed by atoms with E-state index in [4.69, 9.17) is 10.8 Å². The van der Waals surface area contributed by atoms with Crippen LogP contribution in [0.2, 0.25) is 0 Å². The Morgan fingerprint density at radius 1 is 1.45 bits per heavy atom. The molecule has 0 radical (unpaired) electrons. The molecule has 106 valence electrons. The molecule has 0 saturated heterocycles. The number of aromatic nitrogens is 2. The number of hydrogen-bond acceptors (Lipinski definition) is 4. The van der Waals surface area contributed by atoms with Gasteiger partial charge in [-0.3, -0.25) is 4.68 Å². The number of aryl methyl sites for hydroxylation is 2. The molecule has 6 nitrogen and oxygen atoms in total. The number of rotatable bonds is 4. The number of benzene rings is 1. The average molecular weight is 274 g/mol. The Labute approximate surface area is 117 Å². The zero-order valence-electron chi connectivity index (χ0n) is 11.8. The van der Waals surface area contributed by atoms with Gasteiger partial charge in [0.25, 0.3) is 0 Å². The van der Waals surface area contributed by atoms with Crippen molar-refractivity contribution in [3.63, 3.8) is 0 Å². The Hall–Kier alpha value is -2.50. The number of anilines is 2. The van der Waals surface area contributed by atoms with Crippen LogP contribution in [0.15, 0.2) is 18.2 Å². The van der Waals surface area contributed by atoms with E-state index in [0.29, 0.717) is 6.54 Å². The third-order valence-corrected chi connectivity index (χ3v) is 3.41. The van der Waals surface area contributed by atoms with Crippen LogP contribution in [0.5, 0.6) is 0 Å². The fourth-order valence-electron chi connectivity index (χ4n) is 2.13. The lowest BCUT2D eigenvalue weighted by Gasteiger charge is -2.09. The topological polar surface area (TPSA) is 93.2 Å². The molecule has 0 bridgehead atoms. The predicted molar refractivity (Wildman–Crippen MR) is 77.8 cm³/mol. The zero-order valence-corrected chi connectivity index (χ0v) is 11.8. The van der Waals surface area contributed by atoms with Crippen LogP contribution in [0.1, 0.15) is 27.3 Å². The summed E-state index contributed by atoms with van der Waals surface area (Å²) in [6.07, 6.45) is 0. The number of aromatic carboxylic acids is 1. The quantitative estimate of drug-likeness (QED) is 0.741. The highest BCUT2D eigenvalue weighted by Gasteiger charge is 2.10. The number of carboxylic acids is 1. The second-order valence-corrected chi connectivity index (χ2v) is 4.73. The Balaban J connectivity index is 2.15. The summed E-state index contributed by atoms with van der Waals surface area (Å²) in [4.78, 5) is 10.9. The zero-order chi connectivity index (χ0) is 14.9. The van der Waals surface area contributed by atoms with E-state index >= 15 is 0 Å². The van der Waals surface area contributed by atoms with Gasteiger partial charge in [-0.15, -0.1) is 0 Å². The minimum absolute atomic E-state index is 0.115. The van der Waals surface area contributed by atoms with Crippen molar-refractivity contribution in [3.8, 4) is 0 Å². The number of carbonyl (C=O) groups is 1. The first-order valence-corrected chi connectivity index (χ1v) is 6.26. The monoisotopic (exact) mass is 274 g/mol. The van der Waals surface area contributed by atoms with E-state index in [1.165, 1.54) is 6.07 Å². The lowest BCUT2D eigenvalue weighted by atomic mass is 10.1. The summed E-state index contributed by atoms with van der Waals surface area (Å²) in [7, 11) is 1.91. The first-order valence-electron chi connectivity index (χ1n) is 6.26. The summed E-state index contributed by atoms with van der Waals surface area (Å²) >= 11 is 0. The van der Waals surface area contributed by atoms with E-state index < -0.39 is 5.97 Å². The van der Waals surface area contributed by atoms with Gasteiger partial charge in [-0.2, -0.15) is 5.10 Å². The fraction of sp³-hybridized carbons (Fsp3) is 0.286. The molecule has 0 aliphatic rings. The van der Waals surface area contributed by atoms with Crippen LogP contribution in [0.4, 0.5) is 11.4 Å². The molecule has 0 atom stereocenters. The molecular formula is C14H18N4O2. The normalized spacial score (nSPS) is 10.6. The van der Waals surface area contributed by atoms with Gasteiger partial charge in [-0.05, 0) is 32.0 Å². The summed E-state index contributed by atoms with van der Waals surface area (Å²) in [5, 5.41) is 16.5. The molecule has 1 aromatic heterocycles. The number of nitrogen functional groups attached to an aromatic ring is 1. The molecule has 20 heavy (non-hydrogen) atoms. The smallest absolute Gasteiger partial charge is 0.337 e. The second-order valence-electron chi connectivity index (χ2n) is 4.73. The van der Waals surface area contributed by atoms with Crippen LogP contribution < -0.4 is 11.1 Å². The van der Waals surface area contributed by atoms with E-state index in [1.807, 2.05) is 25.6 Å². The highest BCUT2D eigenvalue weighted by molar-refractivity contribution is 5.94. The van der Waals surface area contributed by atoms with E-state index in [0.717, 1.165) is 22.6 Å². The standard InChI is InChI=1S/C14H18N4O2/c1-8-12(9(2)18(3)17-8)7-16-10-4-5-11(14(19)20)13(15)6-10/h4-6,16H,7,15H2,1-3H3,(H,19,20). The third kappa shape index (κ3) is 2.59. The summed E-state index contributed by atoms with van der Waals surface area (Å²) < 4.78 is 1.84. The third-order valence-electron chi connectivity index (χ3n) is 3.41. The Morgan fingerprint density at radius 3 is 2.65 bits per heavy atom. The van der Waals surface area contributed by atoms with E-state index in [9.17, 15) is 4.79 Å². The van der Waals surface area contributed by atoms with E-state index in [-0.39, 0.29) is 11.3 Å². The van der Waals surface area contributed by atoms with Crippen molar-refractivity contribution in [1.29, 1.82) is 0 Å². The minimum atomic E-state index is -1.02. The maximum Gasteiger partial charge on any atom is 0.337 e. The van der Waals surface area contributed by atoms with Crippen LogP contribution in [0.3, 0.4) is 0 Å².